The van der Waals surface area contributed by atoms with E-state index in [1.165, 1.54) is 5.69 Å². The Bertz CT molecular complexity index is 242. The number of nitrogens with one attached hydrogen (secondary N) is 1. The second-order valence-corrected chi connectivity index (χ2v) is 3.81. The quantitative estimate of drug-likeness (QED) is 0.781. The molecule has 60 valence electrons. The van der Waals surface area contributed by atoms with Crippen LogP contribution in [0.15, 0.2) is 6.07 Å². The van der Waals surface area contributed by atoms with E-state index in [9.17, 15) is 0 Å². The third kappa shape index (κ3) is 1.56. The summed E-state index contributed by atoms with van der Waals surface area (Å²) in [5.74, 6) is 0.547. The normalized spacial score (nSPS) is 24.3. The number of aromatic nitrogens is 2. The number of aromatic amines is 1. The zero-order valence-electron chi connectivity index (χ0n) is 6.01. The molecule has 11 heavy (non-hydrogen) atoms. The molecule has 2 heterocycles. The highest BCUT2D eigenvalue weighted by atomic mass is 127. The molecule has 1 atom stereocenters. The monoisotopic (exact) mass is 264 g/mol. The summed E-state index contributed by atoms with van der Waals surface area (Å²) in [6.07, 6.45) is 1.12. The maximum Gasteiger partial charge on any atom is 0.123 e. The SMILES string of the molecule is Ic1cc([C@H]2CCOC2)[nH]n1. The van der Waals surface area contributed by atoms with Crippen LogP contribution in [0.5, 0.6) is 0 Å². The van der Waals surface area contributed by atoms with E-state index < -0.39 is 0 Å². The summed E-state index contributed by atoms with van der Waals surface area (Å²) in [6, 6.07) is 2.08. The lowest BCUT2D eigenvalue weighted by Crippen LogP contribution is -1.97. The van der Waals surface area contributed by atoms with Gasteiger partial charge in [0.2, 0.25) is 0 Å². The van der Waals surface area contributed by atoms with Gasteiger partial charge >= 0.3 is 0 Å². The first kappa shape index (κ1) is 7.54. The van der Waals surface area contributed by atoms with Crippen LogP contribution >= 0.6 is 22.6 Å². The van der Waals surface area contributed by atoms with Gasteiger partial charge in [-0.25, -0.2) is 0 Å². The predicted octanol–water partition coefficient (Wildman–Crippen LogP) is 1.52. The van der Waals surface area contributed by atoms with Crippen LogP contribution < -0.4 is 0 Å². The third-order valence-corrected chi connectivity index (χ3v) is 2.49. The summed E-state index contributed by atoms with van der Waals surface area (Å²) in [7, 11) is 0. The molecule has 1 aromatic rings. The van der Waals surface area contributed by atoms with Gasteiger partial charge < -0.3 is 4.74 Å². The summed E-state index contributed by atoms with van der Waals surface area (Å²) in [5.41, 5.74) is 1.21. The molecule has 0 saturated carbocycles. The highest BCUT2D eigenvalue weighted by Crippen LogP contribution is 2.23. The first-order valence-electron chi connectivity index (χ1n) is 3.65. The van der Waals surface area contributed by atoms with Crippen LogP contribution in [0.3, 0.4) is 0 Å². The molecule has 4 heteroatoms. The Balaban J connectivity index is 2.15. The number of hydrogen-bond acceptors (Lipinski definition) is 2. The van der Waals surface area contributed by atoms with Gasteiger partial charge in [0.15, 0.2) is 0 Å². The number of ether oxygens (including phenoxy) is 1. The van der Waals surface area contributed by atoms with Crippen molar-refractivity contribution in [1.82, 2.24) is 10.2 Å². The van der Waals surface area contributed by atoms with Gasteiger partial charge in [0.1, 0.15) is 3.70 Å². The van der Waals surface area contributed by atoms with Crippen molar-refractivity contribution in [2.45, 2.75) is 12.3 Å². The maximum atomic E-state index is 5.27. The van der Waals surface area contributed by atoms with Gasteiger partial charge in [0, 0.05) is 18.2 Å². The summed E-state index contributed by atoms with van der Waals surface area (Å²) in [4.78, 5) is 0. The highest BCUT2D eigenvalue weighted by Gasteiger charge is 2.19. The van der Waals surface area contributed by atoms with Gasteiger partial charge in [-0.1, -0.05) is 0 Å². The molecule has 2 rings (SSSR count). The molecule has 1 aliphatic heterocycles. The Morgan fingerprint density at radius 2 is 2.64 bits per heavy atom. The lowest BCUT2D eigenvalue weighted by Gasteiger charge is -2.00. The van der Waals surface area contributed by atoms with Gasteiger partial charge in [-0.15, -0.1) is 0 Å². The molecular formula is C7H9IN2O. The van der Waals surface area contributed by atoms with Crippen molar-refractivity contribution in [3.8, 4) is 0 Å². The second kappa shape index (κ2) is 3.10. The molecule has 1 aromatic heterocycles. The number of nitrogens with zero attached hydrogens (tertiary/aromatic N) is 1. The zero-order valence-corrected chi connectivity index (χ0v) is 8.17. The van der Waals surface area contributed by atoms with Crippen molar-refractivity contribution in [2.24, 2.45) is 0 Å². The van der Waals surface area contributed by atoms with E-state index in [1.807, 2.05) is 0 Å². The Morgan fingerprint density at radius 3 is 3.18 bits per heavy atom. The van der Waals surface area contributed by atoms with E-state index in [0.717, 1.165) is 23.3 Å². The van der Waals surface area contributed by atoms with E-state index in [4.69, 9.17) is 4.74 Å². The molecule has 1 N–H and O–H groups in total. The first-order chi connectivity index (χ1) is 5.36. The van der Waals surface area contributed by atoms with Gasteiger partial charge in [-0.2, -0.15) is 5.10 Å². The van der Waals surface area contributed by atoms with E-state index in [1.54, 1.807) is 0 Å². The van der Waals surface area contributed by atoms with E-state index in [-0.39, 0.29) is 0 Å². The second-order valence-electron chi connectivity index (χ2n) is 2.71. The standard InChI is InChI=1S/C7H9IN2O/c8-7-3-6(9-10-7)5-1-2-11-4-5/h3,5H,1-2,4H2,(H,9,10)/t5-/m0/s1. The minimum atomic E-state index is 0.547. The van der Waals surface area contributed by atoms with Crippen molar-refractivity contribution < 1.29 is 4.74 Å². The molecule has 0 spiro atoms. The van der Waals surface area contributed by atoms with Crippen molar-refractivity contribution >= 4 is 22.6 Å². The lowest BCUT2D eigenvalue weighted by molar-refractivity contribution is 0.193. The number of halogens is 1. The maximum absolute atomic E-state index is 5.27. The zero-order chi connectivity index (χ0) is 7.68. The minimum Gasteiger partial charge on any atom is -0.381 e. The summed E-state index contributed by atoms with van der Waals surface area (Å²) in [5, 5.41) is 7.08. The van der Waals surface area contributed by atoms with Crippen LogP contribution in [0.4, 0.5) is 0 Å². The molecule has 0 radical (unpaired) electrons. The summed E-state index contributed by atoms with van der Waals surface area (Å²) >= 11 is 2.20. The van der Waals surface area contributed by atoms with E-state index in [2.05, 4.69) is 38.9 Å². The molecular weight excluding hydrogens is 255 g/mol. The molecule has 0 amide bonds. The Morgan fingerprint density at radius 1 is 1.73 bits per heavy atom. The number of rotatable bonds is 1. The molecule has 1 saturated heterocycles. The lowest BCUT2D eigenvalue weighted by atomic mass is 10.1. The van der Waals surface area contributed by atoms with Crippen molar-refractivity contribution in [3.63, 3.8) is 0 Å². The molecule has 1 aliphatic rings. The smallest absolute Gasteiger partial charge is 0.123 e. The van der Waals surface area contributed by atoms with E-state index in [0.29, 0.717) is 5.92 Å². The molecule has 0 unspecified atom stereocenters. The van der Waals surface area contributed by atoms with E-state index >= 15 is 0 Å². The fourth-order valence-electron chi connectivity index (χ4n) is 1.30. The summed E-state index contributed by atoms with van der Waals surface area (Å²) < 4.78 is 6.30. The van der Waals surface area contributed by atoms with Gasteiger partial charge in [-0.3, -0.25) is 5.10 Å². The van der Waals surface area contributed by atoms with Crippen LogP contribution in [0.1, 0.15) is 18.0 Å². The average molecular weight is 264 g/mol. The van der Waals surface area contributed by atoms with Gasteiger partial charge in [-0.05, 0) is 35.1 Å². The van der Waals surface area contributed by atoms with Crippen LogP contribution in [0.25, 0.3) is 0 Å². The van der Waals surface area contributed by atoms with Gasteiger partial charge in [0.05, 0.1) is 6.61 Å². The van der Waals surface area contributed by atoms with Gasteiger partial charge in [0.25, 0.3) is 0 Å². The first-order valence-corrected chi connectivity index (χ1v) is 4.72. The number of H-pyrrole nitrogens is 1. The van der Waals surface area contributed by atoms with Crippen LogP contribution in [-0.4, -0.2) is 23.4 Å². The van der Waals surface area contributed by atoms with Crippen LogP contribution in [0.2, 0.25) is 0 Å². The highest BCUT2D eigenvalue weighted by molar-refractivity contribution is 14.1. The third-order valence-electron chi connectivity index (χ3n) is 1.94. The van der Waals surface area contributed by atoms with Crippen molar-refractivity contribution in [2.75, 3.05) is 13.2 Å². The predicted molar refractivity (Wildman–Crippen MR) is 49.5 cm³/mol. The van der Waals surface area contributed by atoms with Crippen LogP contribution in [-0.2, 0) is 4.74 Å². The topological polar surface area (TPSA) is 37.9 Å². The van der Waals surface area contributed by atoms with Crippen LogP contribution in [0, 0.1) is 3.70 Å². The molecule has 0 aliphatic carbocycles. The summed E-state index contributed by atoms with van der Waals surface area (Å²) in [6.45, 7) is 1.73. The molecule has 0 aromatic carbocycles. The Labute approximate surface area is 78.7 Å². The Hall–Kier alpha value is -0.100. The molecule has 1 fully saturated rings. The molecule has 3 nitrogen and oxygen atoms in total. The minimum absolute atomic E-state index is 0.547. The van der Waals surface area contributed by atoms with Crippen molar-refractivity contribution in [1.29, 1.82) is 0 Å². The Kier molecular flexibility index (Phi) is 2.13. The van der Waals surface area contributed by atoms with Crippen molar-refractivity contribution in [3.05, 3.63) is 15.5 Å². The molecule has 0 bridgehead atoms. The number of hydrogen-bond donors (Lipinski definition) is 1. The average Bonchev–Trinajstić information content (AvgIpc) is 2.55. The fourth-order valence-corrected chi connectivity index (χ4v) is 1.76. The largest absolute Gasteiger partial charge is 0.381 e. The fraction of sp³-hybridized carbons (Fsp3) is 0.571.